The van der Waals surface area contributed by atoms with Crippen LogP contribution in [0.3, 0.4) is 0 Å². The van der Waals surface area contributed by atoms with Crippen molar-refractivity contribution in [1.29, 1.82) is 0 Å². The van der Waals surface area contributed by atoms with E-state index in [1.165, 1.54) is 12.1 Å². The van der Waals surface area contributed by atoms with Crippen LogP contribution in [-0.2, 0) is 4.79 Å². The van der Waals surface area contributed by atoms with E-state index >= 15 is 0 Å². The van der Waals surface area contributed by atoms with Crippen LogP contribution in [0.5, 0.6) is 0 Å². The van der Waals surface area contributed by atoms with E-state index in [1.807, 2.05) is 55.1 Å². The Morgan fingerprint density at radius 1 is 1.05 bits per heavy atom. The first-order valence-corrected chi connectivity index (χ1v) is 12.1. The monoisotopic (exact) mass is 571 g/mol. The Morgan fingerprint density at radius 2 is 1.71 bits per heavy atom. The lowest BCUT2D eigenvalue weighted by Crippen LogP contribution is -2.50. The largest absolute Gasteiger partial charge is 0.378 e. The number of nitrogens with zero attached hydrogens (tertiary/aromatic N) is 4. The Hall–Kier alpha value is -2.75. The van der Waals surface area contributed by atoms with Gasteiger partial charge in [-0.25, -0.2) is 13.2 Å². The molecule has 1 fully saturated rings. The standard InChI is InChI=1S/C27H32F3N5O.2ClH/c1-17-14-24(32-18(2)20-6-5-7-21(26(20)28)27(29)30)22-15-19(8-9-23(22)31-17)34-10-12-35(13-11-34)25(36)16-33(3)4;;/h5-9,14-15,18,27H,10-13,16H2,1-4H3,(H,31,32);2*1H/t18-;;/m1../s1. The molecular formula is C27H34Cl2F3N5O. The van der Waals surface area contributed by atoms with Gasteiger partial charge in [-0.2, -0.15) is 0 Å². The average Bonchev–Trinajstić information content (AvgIpc) is 2.83. The molecule has 0 unspecified atom stereocenters. The molecule has 6 nitrogen and oxygen atoms in total. The number of piperazine rings is 1. The quantitative estimate of drug-likeness (QED) is 0.385. The molecule has 3 aromatic rings. The molecule has 208 valence electrons. The summed E-state index contributed by atoms with van der Waals surface area (Å²) >= 11 is 0. The first kappa shape index (κ1) is 31.5. The van der Waals surface area contributed by atoms with Crippen LogP contribution in [0, 0.1) is 12.7 Å². The summed E-state index contributed by atoms with van der Waals surface area (Å²) in [4.78, 5) is 23.0. The van der Waals surface area contributed by atoms with Gasteiger partial charge in [0.05, 0.1) is 23.7 Å². The van der Waals surface area contributed by atoms with Gasteiger partial charge in [-0.15, -0.1) is 24.8 Å². The average molecular weight is 573 g/mol. The fraction of sp³-hybridized carbons (Fsp3) is 0.407. The zero-order valence-corrected chi connectivity index (χ0v) is 23.5. The van der Waals surface area contributed by atoms with Crippen LogP contribution in [0.2, 0.25) is 0 Å². The van der Waals surface area contributed by atoms with Gasteiger partial charge >= 0.3 is 0 Å². The van der Waals surface area contributed by atoms with E-state index in [4.69, 9.17) is 0 Å². The molecule has 11 heteroatoms. The highest BCUT2D eigenvalue weighted by Gasteiger charge is 2.23. The highest BCUT2D eigenvalue weighted by molar-refractivity contribution is 5.94. The number of pyridine rings is 1. The van der Waals surface area contributed by atoms with Gasteiger partial charge in [0.1, 0.15) is 5.82 Å². The first-order valence-electron chi connectivity index (χ1n) is 12.1. The highest BCUT2D eigenvalue weighted by Crippen LogP contribution is 2.33. The fourth-order valence-electron chi connectivity index (χ4n) is 4.63. The molecule has 1 amide bonds. The number of amides is 1. The number of rotatable bonds is 7. The maximum atomic E-state index is 14.8. The van der Waals surface area contributed by atoms with Gasteiger partial charge in [-0.05, 0) is 52.2 Å². The van der Waals surface area contributed by atoms with Crippen LogP contribution in [0.4, 0.5) is 24.5 Å². The molecule has 1 aliphatic rings. The Bertz CT molecular complexity index is 1250. The SMILES string of the molecule is Cc1cc(N[C@H](C)c2cccc(C(F)F)c2F)c2cc(N3CCN(C(=O)CN(C)C)CC3)ccc2n1.Cl.Cl. The van der Waals surface area contributed by atoms with Crippen molar-refractivity contribution in [2.45, 2.75) is 26.3 Å². The lowest BCUT2D eigenvalue weighted by atomic mass is 10.0. The number of hydrogen-bond donors (Lipinski definition) is 1. The molecule has 0 saturated carbocycles. The van der Waals surface area contributed by atoms with Gasteiger partial charge in [-0.3, -0.25) is 9.78 Å². The first-order chi connectivity index (χ1) is 17.1. The van der Waals surface area contributed by atoms with Crippen molar-refractivity contribution in [3.05, 3.63) is 65.1 Å². The number of nitrogens with one attached hydrogen (secondary N) is 1. The zero-order valence-electron chi connectivity index (χ0n) is 21.9. The minimum absolute atomic E-state index is 0. The molecule has 0 radical (unpaired) electrons. The summed E-state index contributed by atoms with van der Waals surface area (Å²) in [6.45, 7) is 6.77. The molecule has 1 aliphatic heterocycles. The molecule has 2 heterocycles. The number of halogens is 5. The lowest BCUT2D eigenvalue weighted by molar-refractivity contribution is -0.132. The summed E-state index contributed by atoms with van der Waals surface area (Å²) in [5.41, 5.74) is 2.94. The molecule has 0 spiro atoms. The topological polar surface area (TPSA) is 51.7 Å². The van der Waals surface area contributed by atoms with Crippen molar-refractivity contribution in [3.8, 4) is 0 Å². The fourth-order valence-corrected chi connectivity index (χ4v) is 4.63. The molecule has 38 heavy (non-hydrogen) atoms. The number of hydrogen-bond acceptors (Lipinski definition) is 5. The Balaban J connectivity index is 0.00000253. The second-order valence-corrected chi connectivity index (χ2v) is 9.54. The maximum Gasteiger partial charge on any atom is 0.266 e. The van der Waals surface area contributed by atoms with Crippen LogP contribution in [-0.4, -0.2) is 67.5 Å². The van der Waals surface area contributed by atoms with Crippen LogP contribution in [0.1, 0.15) is 36.2 Å². The van der Waals surface area contributed by atoms with E-state index in [9.17, 15) is 18.0 Å². The van der Waals surface area contributed by atoms with Crippen LogP contribution in [0.25, 0.3) is 10.9 Å². The molecule has 2 aromatic carbocycles. The predicted octanol–water partition coefficient (Wildman–Crippen LogP) is 5.85. The van der Waals surface area contributed by atoms with Gasteiger partial charge in [-0.1, -0.05) is 18.2 Å². The van der Waals surface area contributed by atoms with E-state index < -0.39 is 23.8 Å². The second-order valence-electron chi connectivity index (χ2n) is 9.54. The van der Waals surface area contributed by atoms with E-state index in [1.54, 1.807) is 6.92 Å². The molecule has 1 N–H and O–H groups in total. The van der Waals surface area contributed by atoms with Gasteiger partial charge in [0, 0.05) is 54.2 Å². The summed E-state index contributed by atoms with van der Waals surface area (Å²) in [5, 5.41) is 4.18. The van der Waals surface area contributed by atoms with Crippen LogP contribution < -0.4 is 10.2 Å². The number of aryl methyl sites for hydroxylation is 1. The predicted molar refractivity (Wildman–Crippen MR) is 152 cm³/mol. The van der Waals surface area contributed by atoms with E-state index in [-0.39, 0.29) is 36.3 Å². The summed E-state index contributed by atoms with van der Waals surface area (Å²) in [5.74, 6) is -0.758. The zero-order chi connectivity index (χ0) is 26.0. The maximum absolute atomic E-state index is 14.8. The summed E-state index contributed by atoms with van der Waals surface area (Å²) in [6.07, 6.45) is -2.87. The normalized spacial score (nSPS) is 14.3. The number of benzene rings is 2. The number of aromatic nitrogens is 1. The van der Waals surface area contributed by atoms with Gasteiger partial charge < -0.3 is 20.0 Å². The summed E-state index contributed by atoms with van der Waals surface area (Å²) in [7, 11) is 3.77. The minimum atomic E-state index is -2.87. The third-order valence-corrected chi connectivity index (χ3v) is 6.50. The van der Waals surface area contributed by atoms with Gasteiger partial charge in [0.25, 0.3) is 6.43 Å². The molecule has 0 bridgehead atoms. The smallest absolute Gasteiger partial charge is 0.266 e. The second kappa shape index (κ2) is 13.4. The third kappa shape index (κ3) is 7.01. The molecule has 0 aliphatic carbocycles. The van der Waals surface area contributed by atoms with Crippen molar-refractivity contribution in [2.75, 3.05) is 57.0 Å². The highest BCUT2D eigenvalue weighted by atomic mass is 35.5. The lowest BCUT2D eigenvalue weighted by Gasteiger charge is -2.36. The molecule has 1 saturated heterocycles. The molecule has 1 aromatic heterocycles. The van der Waals surface area contributed by atoms with Crippen LogP contribution >= 0.6 is 24.8 Å². The van der Waals surface area contributed by atoms with Crippen molar-refractivity contribution >= 4 is 53.0 Å². The Kier molecular flexibility index (Phi) is 11.1. The van der Waals surface area contributed by atoms with E-state index in [0.717, 1.165) is 47.1 Å². The number of likely N-dealkylation sites (N-methyl/N-ethyl adjacent to an activating group) is 1. The third-order valence-electron chi connectivity index (χ3n) is 6.50. The van der Waals surface area contributed by atoms with Gasteiger partial charge in [0.15, 0.2) is 0 Å². The molecule has 4 rings (SSSR count). The Labute approximate surface area is 234 Å². The summed E-state index contributed by atoms with van der Waals surface area (Å²) in [6, 6.07) is 11.5. The van der Waals surface area contributed by atoms with E-state index in [2.05, 4.69) is 15.2 Å². The van der Waals surface area contributed by atoms with Crippen molar-refractivity contribution < 1.29 is 18.0 Å². The number of alkyl halides is 2. The summed E-state index contributed by atoms with van der Waals surface area (Å²) < 4.78 is 41.2. The Morgan fingerprint density at radius 3 is 2.34 bits per heavy atom. The minimum Gasteiger partial charge on any atom is -0.378 e. The number of carbonyl (C=O) groups excluding carboxylic acids is 1. The van der Waals surface area contributed by atoms with Crippen molar-refractivity contribution in [2.24, 2.45) is 0 Å². The number of carbonyl (C=O) groups is 1. The molecule has 1 atom stereocenters. The van der Waals surface area contributed by atoms with Gasteiger partial charge in [0.2, 0.25) is 5.91 Å². The van der Waals surface area contributed by atoms with Crippen LogP contribution in [0.15, 0.2) is 42.5 Å². The van der Waals surface area contributed by atoms with Crippen molar-refractivity contribution in [3.63, 3.8) is 0 Å². The van der Waals surface area contributed by atoms with Crippen molar-refractivity contribution in [1.82, 2.24) is 14.8 Å². The number of anilines is 2. The van der Waals surface area contributed by atoms with E-state index in [0.29, 0.717) is 19.6 Å². The number of fused-ring (bicyclic) bond motifs is 1. The molecular weight excluding hydrogens is 538 g/mol.